The summed E-state index contributed by atoms with van der Waals surface area (Å²) in [6, 6.07) is 0.532. The molecule has 0 radical (unpaired) electrons. The predicted octanol–water partition coefficient (Wildman–Crippen LogP) is 1.05. The van der Waals surface area contributed by atoms with Gasteiger partial charge in [-0.05, 0) is 26.3 Å². The van der Waals surface area contributed by atoms with Crippen LogP contribution in [0, 0.1) is 5.92 Å². The highest BCUT2D eigenvalue weighted by molar-refractivity contribution is 5.85. The second-order valence-electron chi connectivity index (χ2n) is 4.86. The van der Waals surface area contributed by atoms with Crippen LogP contribution in [0.2, 0.25) is 0 Å². The van der Waals surface area contributed by atoms with Gasteiger partial charge in [0.25, 0.3) is 0 Å². The van der Waals surface area contributed by atoms with Crippen LogP contribution in [0.5, 0.6) is 0 Å². The van der Waals surface area contributed by atoms with Crippen LogP contribution >= 0.6 is 12.4 Å². The molecule has 1 saturated heterocycles. The molecule has 1 aliphatic heterocycles. The van der Waals surface area contributed by atoms with Gasteiger partial charge in [-0.3, -0.25) is 4.79 Å². The minimum absolute atomic E-state index is 0. The molecule has 0 aromatic heterocycles. The Kier molecular flexibility index (Phi) is 6.23. The van der Waals surface area contributed by atoms with Crippen molar-refractivity contribution in [1.29, 1.82) is 0 Å². The van der Waals surface area contributed by atoms with Gasteiger partial charge >= 0.3 is 0 Å². The molecule has 2 fully saturated rings. The predicted molar refractivity (Wildman–Crippen MR) is 69.5 cm³/mol. The van der Waals surface area contributed by atoms with Crippen molar-refractivity contribution < 1.29 is 9.53 Å². The van der Waals surface area contributed by atoms with Gasteiger partial charge in [0.2, 0.25) is 5.91 Å². The first-order chi connectivity index (χ1) is 7.81. The minimum Gasteiger partial charge on any atom is -0.381 e. The van der Waals surface area contributed by atoms with Crippen LogP contribution in [0.15, 0.2) is 0 Å². The summed E-state index contributed by atoms with van der Waals surface area (Å²) in [6.45, 7) is 3.40. The lowest BCUT2D eigenvalue weighted by Crippen LogP contribution is -2.38. The van der Waals surface area contributed by atoms with E-state index in [0.717, 1.165) is 32.7 Å². The third-order valence-corrected chi connectivity index (χ3v) is 3.38. The third-order valence-electron chi connectivity index (χ3n) is 3.38. The molecule has 0 spiro atoms. The maximum Gasteiger partial charge on any atom is 0.224 e. The van der Waals surface area contributed by atoms with Gasteiger partial charge in [-0.1, -0.05) is 0 Å². The van der Waals surface area contributed by atoms with Crippen LogP contribution < -0.4 is 5.32 Å². The maximum absolute atomic E-state index is 12.0. The summed E-state index contributed by atoms with van der Waals surface area (Å²) in [5.41, 5.74) is 0. The van der Waals surface area contributed by atoms with Gasteiger partial charge in [0.1, 0.15) is 0 Å². The molecule has 0 aromatic rings. The fraction of sp³-hybridized carbons (Fsp3) is 0.917. The van der Waals surface area contributed by atoms with E-state index in [0.29, 0.717) is 24.3 Å². The molecule has 5 heteroatoms. The van der Waals surface area contributed by atoms with Crippen molar-refractivity contribution in [3.8, 4) is 0 Å². The Hall–Kier alpha value is -0.320. The van der Waals surface area contributed by atoms with E-state index in [1.165, 1.54) is 12.8 Å². The van der Waals surface area contributed by atoms with Gasteiger partial charge in [-0.15, -0.1) is 12.4 Å². The van der Waals surface area contributed by atoms with Crippen LogP contribution in [-0.2, 0) is 9.53 Å². The molecule has 17 heavy (non-hydrogen) atoms. The van der Waals surface area contributed by atoms with Gasteiger partial charge in [-0.2, -0.15) is 0 Å². The highest BCUT2D eigenvalue weighted by Crippen LogP contribution is 2.29. The second-order valence-corrected chi connectivity index (χ2v) is 4.86. The Morgan fingerprint density at radius 1 is 1.41 bits per heavy atom. The number of hydrogen-bond acceptors (Lipinski definition) is 3. The lowest BCUT2D eigenvalue weighted by molar-refractivity contribution is -0.132. The van der Waals surface area contributed by atoms with Crippen LogP contribution in [0.4, 0.5) is 0 Å². The average Bonchev–Trinajstić information content (AvgIpc) is 3.00. The smallest absolute Gasteiger partial charge is 0.224 e. The number of nitrogens with zero attached hydrogens (tertiary/aromatic N) is 1. The Labute approximate surface area is 109 Å². The molecule has 1 N–H and O–H groups in total. The summed E-state index contributed by atoms with van der Waals surface area (Å²) in [7, 11) is 1.89. The van der Waals surface area contributed by atoms with E-state index in [4.69, 9.17) is 4.74 Å². The minimum atomic E-state index is 0. The van der Waals surface area contributed by atoms with Crippen LogP contribution in [0.25, 0.3) is 0 Å². The first-order valence-electron chi connectivity index (χ1n) is 6.33. The highest BCUT2D eigenvalue weighted by Gasteiger charge is 2.34. The molecule has 100 valence electrons. The van der Waals surface area contributed by atoms with Crippen molar-refractivity contribution >= 4 is 18.3 Å². The molecule has 2 aliphatic rings. The molecule has 1 heterocycles. The van der Waals surface area contributed by atoms with Crippen molar-refractivity contribution in [3.63, 3.8) is 0 Å². The third kappa shape index (κ3) is 4.45. The van der Waals surface area contributed by atoms with Gasteiger partial charge in [0, 0.05) is 38.1 Å². The molecule has 1 amide bonds. The lowest BCUT2D eigenvalue weighted by atomic mass is 10.1. The summed E-state index contributed by atoms with van der Waals surface area (Å²) in [5.74, 6) is 0.878. The highest BCUT2D eigenvalue weighted by atomic mass is 35.5. The zero-order valence-corrected chi connectivity index (χ0v) is 11.3. The maximum atomic E-state index is 12.0. The molecule has 1 aliphatic carbocycles. The Bertz CT molecular complexity index is 241. The average molecular weight is 263 g/mol. The van der Waals surface area contributed by atoms with Crippen LogP contribution in [0.1, 0.15) is 25.7 Å². The van der Waals surface area contributed by atoms with E-state index >= 15 is 0 Å². The standard InChI is InChI=1S/C12H22N2O2.ClH/c1-13-6-4-12(15)14(11-2-3-11)8-10-5-7-16-9-10;/h10-11,13H,2-9H2,1H3;1H. The molecule has 1 unspecified atom stereocenters. The molecular weight excluding hydrogens is 240 g/mol. The first kappa shape index (κ1) is 14.7. The Balaban J connectivity index is 0.00000144. The number of rotatable bonds is 6. The quantitative estimate of drug-likeness (QED) is 0.778. The fourth-order valence-corrected chi connectivity index (χ4v) is 2.22. The molecule has 1 saturated carbocycles. The molecule has 1 atom stereocenters. The zero-order valence-electron chi connectivity index (χ0n) is 10.5. The van der Waals surface area contributed by atoms with E-state index in [2.05, 4.69) is 10.2 Å². The van der Waals surface area contributed by atoms with Gasteiger partial charge in [0.15, 0.2) is 0 Å². The Morgan fingerprint density at radius 3 is 2.71 bits per heavy atom. The summed E-state index contributed by atoms with van der Waals surface area (Å²) in [4.78, 5) is 14.1. The second kappa shape index (κ2) is 7.19. The van der Waals surface area contributed by atoms with E-state index < -0.39 is 0 Å². The number of amides is 1. The Morgan fingerprint density at radius 2 is 2.18 bits per heavy atom. The monoisotopic (exact) mass is 262 g/mol. The van der Waals surface area contributed by atoms with Crippen molar-refractivity contribution in [2.45, 2.75) is 31.7 Å². The van der Waals surface area contributed by atoms with Crippen molar-refractivity contribution in [3.05, 3.63) is 0 Å². The van der Waals surface area contributed by atoms with E-state index in [1.54, 1.807) is 0 Å². The van der Waals surface area contributed by atoms with Crippen LogP contribution in [-0.4, -0.2) is 50.2 Å². The number of ether oxygens (including phenoxy) is 1. The van der Waals surface area contributed by atoms with Gasteiger partial charge in [0.05, 0.1) is 6.61 Å². The SMILES string of the molecule is CNCCC(=O)N(CC1CCOC1)C1CC1.Cl. The zero-order chi connectivity index (χ0) is 11.4. The largest absolute Gasteiger partial charge is 0.381 e. The summed E-state index contributed by atoms with van der Waals surface area (Å²) >= 11 is 0. The summed E-state index contributed by atoms with van der Waals surface area (Å²) in [6.07, 6.45) is 4.13. The van der Waals surface area contributed by atoms with Crippen molar-refractivity contribution in [2.24, 2.45) is 5.92 Å². The number of hydrogen-bond donors (Lipinski definition) is 1. The molecule has 0 bridgehead atoms. The number of carbonyl (C=O) groups is 1. The molecular formula is C12H23ClN2O2. The normalized spacial score (nSPS) is 23.2. The number of halogens is 1. The molecule has 2 rings (SSSR count). The molecule has 4 nitrogen and oxygen atoms in total. The van der Waals surface area contributed by atoms with Crippen molar-refractivity contribution in [2.75, 3.05) is 33.4 Å². The number of carbonyl (C=O) groups excluding carboxylic acids is 1. The van der Waals surface area contributed by atoms with E-state index in [1.807, 2.05) is 7.05 Å². The van der Waals surface area contributed by atoms with E-state index in [9.17, 15) is 4.79 Å². The van der Waals surface area contributed by atoms with Crippen LogP contribution in [0.3, 0.4) is 0 Å². The first-order valence-corrected chi connectivity index (χ1v) is 6.33. The fourth-order valence-electron chi connectivity index (χ4n) is 2.22. The summed E-state index contributed by atoms with van der Waals surface area (Å²) < 4.78 is 5.37. The van der Waals surface area contributed by atoms with Crippen molar-refractivity contribution in [1.82, 2.24) is 10.2 Å². The van der Waals surface area contributed by atoms with Gasteiger partial charge in [-0.25, -0.2) is 0 Å². The topological polar surface area (TPSA) is 41.6 Å². The summed E-state index contributed by atoms with van der Waals surface area (Å²) in [5, 5.41) is 3.03. The lowest BCUT2D eigenvalue weighted by Gasteiger charge is -2.25. The number of nitrogens with one attached hydrogen (secondary N) is 1. The van der Waals surface area contributed by atoms with E-state index in [-0.39, 0.29) is 12.4 Å². The van der Waals surface area contributed by atoms with Gasteiger partial charge < -0.3 is 15.0 Å². The molecule has 0 aromatic carbocycles.